The van der Waals surface area contributed by atoms with Gasteiger partial charge in [0, 0.05) is 18.1 Å². The van der Waals surface area contributed by atoms with Crippen LogP contribution in [0.3, 0.4) is 0 Å². The maximum Gasteiger partial charge on any atom is 0.258 e. The molecule has 1 fully saturated rings. The highest BCUT2D eigenvalue weighted by Crippen LogP contribution is 2.22. The first-order chi connectivity index (χ1) is 10.0. The molecule has 21 heavy (non-hydrogen) atoms. The van der Waals surface area contributed by atoms with E-state index in [9.17, 15) is 4.79 Å². The molecule has 1 aromatic heterocycles. The number of likely N-dealkylation sites (tertiary alicyclic amines) is 1. The van der Waals surface area contributed by atoms with E-state index in [4.69, 9.17) is 11.6 Å². The minimum Gasteiger partial charge on any atom is -0.309 e. The summed E-state index contributed by atoms with van der Waals surface area (Å²) in [7, 11) is 0. The molecular weight excluding hydrogens is 286 g/mol. The molecule has 112 valence electrons. The van der Waals surface area contributed by atoms with Gasteiger partial charge in [-0.1, -0.05) is 25.4 Å². The molecule has 0 spiro atoms. The average Bonchev–Trinajstić information content (AvgIpc) is 2.36. The van der Waals surface area contributed by atoms with Crippen molar-refractivity contribution in [2.75, 3.05) is 13.1 Å². The summed E-state index contributed by atoms with van der Waals surface area (Å²) in [6.07, 6.45) is 1.27. The van der Waals surface area contributed by atoms with Crippen LogP contribution in [-0.4, -0.2) is 28.0 Å². The molecule has 5 heteroatoms. The van der Waals surface area contributed by atoms with Crippen molar-refractivity contribution in [2.24, 2.45) is 11.8 Å². The van der Waals surface area contributed by atoms with Crippen molar-refractivity contribution in [3.8, 4) is 0 Å². The van der Waals surface area contributed by atoms with Crippen LogP contribution in [0.15, 0.2) is 23.0 Å². The van der Waals surface area contributed by atoms with Crippen LogP contribution in [0.4, 0.5) is 0 Å². The summed E-state index contributed by atoms with van der Waals surface area (Å²) in [6.45, 7) is 7.35. The van der Waals surface area contributed by atoms with E-state index in [0.717, 1.165) is 18.9 Å². The van der Waals surface area contributed by atoms with Crippen molar-refractivity contribution in [3.63, 3.8) is 0 Å². The molecule has 0 bridgehead atoms. The van der Waals surface area contributed by atoms with Crippen molar-refractivity contribution >= 4 is 22.5 Å². The lowest BCUT2D eigenvalue weighted by atomic mass is 9.92. The van der Waals surface area contributed by atoms with Gasteiger partial charge in [-0.2, -0.15) is 0 Å². The first kappa shape index (κ1) is 14.5. The molecule has 1 N–H and O–H groups in total. The second-order valence-electron chi connectivity index (χ2n) is 6.31. The summed E-state index contributed by atoms with van der Waals surface area (Å²) in [5.74, 6) is 2.10. The van der Waals surface area contributed by atoms with Gasteiger partial charge in [-0.05, 0) is 36.5 Å². The molecule has 1 aliphatic rings. The van der Waals surface area contributed by atoms with Crippen LogP contribution >= 0.6 is 11.6 Å². The SMILES string of the molecule is C[C@@H]1C[C@H](C)CN(Cc2nc3cc(Cl)ccc3c(=O)[nH]2)C1. The molecule has 0 aliphatic carbocycles. The maximum atomic E-state index is 12.1. The summed E-state index contributed by atoms with van der Waals surface area (Å²) < 4.78 is 0. The van der Waals surface area contributed by atoms with Crippen LogP contribution in [0, 0.1) is 11.8 Å². The molecular formula is C16H20ClN3O. The number of halogens is 1. The van der Waals surface area contributed by atoms with Crippen molar-refractivity contribution in [1.29, 1.82) is 0 Å². The van der Waals surface area contributed by atoms with Gasteiger partial charge in [0.1, 0.15) is 5.82 Å². The third-order valence-electron chi connectivity index (χ3n) is 4.04. The van der Waals surface area contributed by atoms with Crippen LogP contribution in [0.25, 0.3) is 10.9 Å². The standard InChI is InChI=1S/C16H20ClN3O/c1-10-5-11(2)8-20(7-10)9-15-18-14-6-12(17)3-4-13(14)16(21)19-15/h3-4,6,10-11H,5,7-9H2,1-2H3,(H,18,19,21)/t10-,11+. The molecule has 3 rings (SSSR count). The van der Waals surface area contributed by atoms with Gasteiger partial charge >= 0.3 is 0 Å². The van der Waals surface area contributed by atoms with Gasteiger partial charge in [0.25, 0.3) is 5.56 Å². The summed E-state index contributed by atoms with van der Waals surface area (Å²) in [6, 6.07) is 5.18. The zero-order valence-corrected chi connectivity index (χ0v) is 13.2. The van der Waals surface area contributed by atoms with Crippen molar-refractivity contribution in [3.05, 3.63) is 39.4 Å². The molecule has 1 aromatic carbocycles. The fourth-order valence-corrected chi connectivity index (χ4v) is 3.54. The molecule has 2 aromatic rings. The normalized spacial score (nSPS) is 23.6. The van der Waals surface area contributed by atoms with E-state index >= 15 is 0 Å². The predicted octanol–water partition coefficient (Wildman–Crippen LogP) is 3.05. The third kappa shape index (κ3) is 3.27. The Labute approximate surface area is 129 Å². The Morgan fingerprint density at radius 3 is 2.76 bits per heavy atom. The van der Waals surface area contributed by atoms with Crippen LogP contribution in [0.1, 0.15) is 26.1 Å². The highest BCUT2D eigenvalue weighted by Gasteiger charge is 2.22. The molecule has 2 atom stereocenters. The average molecular weight is 306 g/mol. The number of aromatic nitrogens is 2. The Morgan fingerprint density at radius 1 is 1.33 bits per heavy atom. The lowest BCUT2D eigenvalue weighted by Crippen LogP contribution is -2.38. The number of nitrogens with one attached hydrogen (secondary N) is 1. The monoisotopic (exact) mass is 305 g/mol. The molecule has 4 nitrogen and oxygen atoms in total. The van der Waals surface area contributed by atoms with Crippen LogP contribution in [-0.2, 0) is 6.54 Å². The Balaban J connectivity index is 1.89. The number of benzene rings is 1. The van der Waals surface area contributed by atoms with Crippen LogP contribution in [0.5, 0.6) is 0 Å². The number of piperidine rings is 1. The van der Waals surface area contributed by atoms with Gasteiger partial charge in [-0.15, -0.1) is 0 Å². The number of rotatable bonds is 2. The minimum atomic E-state index is -0.0928. The number of nitrogens with zero attached hydrogens (tertiary/aromatic N) is 2. The zero-order valence-electron chi connectivity index (χ0n) is 12.4. The number of aromatic amines is 1. The lowest BCUT2D eigenvalue weighted by Gasteiger charge is -2.34. The van der Waals surface area contributed by atoms with Crippen molar-refractivity contribution < 1.29 is 0 Å². The highest BCUT2D eigenvalue weighted by atomic mass is 35.5. The fraction of sp³-hybridized carbons (Fsp3) is 0.500. The largest absolute Gasteiger partial charge is 0.309 e. The van der Waals surface area contributed by atoms with Gasteiger partial charge < -0.3 is 4.98 Å². The van der Waals surface area contributed by atoms with Gasteiger partial charge in [0.15, 0.2) is 0 Å². The minimum absolute atomic E-state index is 0.0928. The highest BCUT2D eigenvalue weighted by molar-refractivity contribution is 6.31. The van der Waals surface area contributed by atoms with E-state index in [2.05, 4.69) is 28.7 Å². The summed E-state index contributed by atoms with van der Waals surface area (Å²) >= 11 is 5.99. The Morgan fingerprint density at radius 2 is 2.05 bits per heavy atom. The Kier molecular flexibility index (Phi) is 4.00. The first-order valence-electron chi connectivity index (χ1n) is 7.42. The third-order valence-corrected chi connectivity index (χ3v) is 4.27. The molecule has 0 radical (unpaired) electrons. The van der Waals surface area contributed by atoms with Gasteiger partial charge in [0.05, 0.1) is 17.4 Å². The summed E-state index contributed by atoms with van der Waals surface area (Å²) in [5.41, 5.74) is 0.573. The second-order valence-corrected chi connectivity index (χ2v) is 6.75. The molecule has 0 unspecified atom stereocenters. The topological polar surface area (TPSA) is 49.0 Å². The van der Waals surface area contributed by atoms with E-state index < -0.39 is 0 Å². The summed E-state index contributed by atoms with van der Waals surface area (Å²) in [5, 5.41) is 1.19. The predicted molar refractivity (Wildman–Crippen MR) is 85.6 cm³/mol. The number of fused-ring (bicyclic) bond motifs is 1. The quantitative estimate of drug-likeness (QED) is 0.927. The number of hydrogen-bond acceptors (Lipinski definition) is 3. The zero-order chi connectivity index (χ0) is 15.0. The van der Waals surface area contributed by atoms with E-state index in [1.54, 1.807) is 18.2 Å². The second kappa shape index (κ2) is 5.78. The van der Waals surface area contributed by atoms with Gasteiger partial charge in [0.2, 0.25) is 0 Å². The molecule has 0 saturated carbocycles. The molecule has 2 heterocycles. The molecule has 1 saturated heterocycles. The Hall–Kier alpha value is -1.39. The van der Waals surface area contributed by atoms with E-state index in [1.165, 1.54) is 6.42 Å². The van der Waals surface area contributed by atoms with E-state index in [1.807, 2.05) is 0 Å². The van der Waals surface area contributed by atoms with E-state index in [-0.39, 0.29) is 5.56 Å². The Bertz CT molecular complexity index is 702. The van der Waals surface area contributed by atoms with Crippen LogP contribution < -0.4 is 5.56 Å². The number of H-pyrrole nitrogens is 1. The van der Waals surface area contributed by atoms with E-state index in [0.29, 0.717) is 34.3 Å². The fourth-order valence-electron chi connectivity index (χ4n) is 3.37. The summed E-state index contributed by atoms with van der Waals surface area (Å²) in [4.78, 5) is 21.9. The molecule has 0 amide bonds. The van der Waals surface area contributed by atoms with Crippen molar-refractivity contribution in [2.45, 2.75) is 26.8 Å². The maximum absolute atomic E-state index is 12.1. The van der Waals surface area contributed by atoms with Gasteiger partial charge in [-0.25, -0.2) is 4.98 Å². The smallest absolute Gasteiger partial charge is 0.258 e. The number of hydrogen-bond donors (Lipinski definition) is 1. The lowest BCUT2D eigenvalue weighted by molar-refractivity contribution is 0.131. The molecule has 1 aliphatic heterocycles. The first-order valence-corrected chi connectivity index (χ1v) is 7.80. The van der Waals surface area contributed by atoms with Crippen LogP contribution in [0.2, 0.25) is 5.02 Å². The van der Waals surface area contributed by atoms with Gasteiger partial charge in [-0.3, -0.25) is 9.69 Å². The van der Waals surface area contributed by atoms with Crippen molar-refractivity contribution in [1.82, 2.24) is 14.9 Å².